The van der Waals surface area contributed by atoms with E-state index in [0.29, 0.717) is 38.4 Å². The van der Waals surface area contributed by atoms with Crippen LogP contribution < -0.4 is 11.1 Å². The van der Waals surface area contributed by atoms with E-state index < -0.39 is 17.0 Å². The monoisotopic (exact) mass is 572 g/mol. The van der Waals surface area contributed by atoms with Gasteiger partial charge in [0.2, 0.25) is 0 Å². The average Bonchev–Trinajstić information content (AvgIpc) is 2.90. The fraction of sp³-hybridized carbons (Fsp3) is 0.125. The van der Waals surface area contributed by atoms with E-state index in [1.807, 2.05) is 19.1 Å². The molecule has 0 aliphatic rings. The highest BCUT2D eigenvalue weighted by Crippen LogP contribution is 2.38. The van der Waals surface area contributed by atoms with E-state index in [9.17, 15) is 19.8 Å². The zero-order chi connectivity index (χ0) is 28.7. The maximum atomic E-state index is 14.2. The lowest BCUT2D eigenvalue weighted by atomic mass is 9.84. The van der Waals surface area contributed by atoms with Gasteiger partial charge < -0.3 is 10.2 Å². The Balaban J connectivity index is 1.86. The third-order valence-electron chi connectivity index (χ3n) is 6.97. The van der Waals surface area contributed by atoms with Crippen molar-refractivity contribution in [3.63, 3.8) is 0 Å². The van der Waals surface area contributed by atoms with Crippen molar-refractivity contribution in [2.75, 3.05) is 0 Å². The Bertz CT molecular complexity index is 1730. The van der Waals surface area contributed by atoms with E-state index in [0.717, 1.165) is 5.56 Å². The molecule has 0 saturated heterocycles. The Morgan fingerprint density at radius 3 is 1.35 bits per heavy atom. The van der Waals surface area contributed by atoms with Gasteiger partial charge >= 0.3 is 0 Å². The number of halogens is 2. The normalized spacial score (nSPS) is 11.2. The first-order valence-electron chi connectivity index (χ1n) is 12.6. The smallest absolute Gasteiger partial charge is 0.263 e. The molecule has 6 nitrogen and oxygen atoms in total. The molecule has 202 valence electrons. The van der Waals surface area contributed by atoms with Crippen LogP contribution in [0, 0.1) is 20.8 Å². The van der Waals surface area contributed by atoms with Gasteiger partial charge in [0.1, 0.15) is 11.5 Å². The molecule has 3 aromatic carbocycles. The minimum Gasteiger partial charge on any atom is -0.507 e. The lowest BCUT2D eigenvalue weighted by molar-refractivity contribution is 0.453. The SMILES string of the molecule is Cc1ccc(C(c2c(O)cc(C)n(-c3ccc(Cl)cc3)c2=O)c2c(O)cc(C)n(-c3ccc(Cl)cc3)c2=O)cc1. The van der Waals surface area contributed by atoms with Crippen LogP contribution in [0.5, 0.6) is 11.5 Å². The standard InChI is InChI=1S/C32H26Cl2N2O4/c1-18-4-6-21(7-5-18)28(29-26(37)16-19(2)35(31(29)39)24-12-8-22(33)9-13-24)30-27(38)17-20(3)36(32(30)40)25-14-10-23(34)11-15-25/h4-17,28,37-38H,1-3H3. The molecule has 0 saturated carbocycles. The minimum absolute atomic E-state index is 0.0386. The number of aromatic hydroxyl groups is 2. The number of rotatable bonds is 5. The van der Waals surface area contributed by atoms with E-state index in [-0.39, 0.29) is 22.6 Å². The van der Waals surface area contributed by atoms with Gasteiger partial charge in [-0.2, -0.15) is 0 Å². The topological polar surface area (TPSA) is 84.5 Å². The number of nitrogens with zero attached hydrogens (tertiary/aromatic N) is 2. The summed E-state index contributed by atoms with van der Waals surface area (Å²) in [4.78, 5) is 28.4. The zero-order valence-corrected chi connectivity index (χ0v) is 23.5. The number of aryl methyl sites for hydroxylation is 3. The van der Waals surface area contributed by atoms with Crippen LogP contribution in [0.4, 0.5) is 0 Å². The Kier molecular flexibility index (Phi) is 7.32. The summed E-state index contributed by atoms with van der Waals surface area (Å²) in [5.74, 6) is -1.65. The second kappa shape index (κ2) is 10.7. The molecular weight excluding hydrogens is 547 g/mol. The van der Waals surface area contributed by atoms with Crippen molar-refractivity contribution in [1.29, 1.82) is 0 Å². The molecular formula is C32H26Cl2N2O4. The van der Waals surface area contributed by atoms with Crippen LogP contribution in [0.3, 0.4) is 0 Å². The second-order valence-corrected chi connectivity index (χ2v) is 10.6. The van der Waals surface area contributed by atoms with Crippen molar-refractivity contribution in [1.82, 2.24) is 9.13 Å². The summed E-state index contributed by atoms with van der Waals surface area (Å²) in [6.45, 7) is 5.33. The zero-order valence-electron chi connectivity index (χ0n) is 22.0. The molecule has 0 amide bonds. The van der Waals surface area contributed by atoms with Crippen LogP contribution in [-0.2, 0) is 0 Å². The molecule has 5 aromatic rings. The molecule has 0 atom stereocenters. The average molecular weight is 573 g/mol. The number of hydrogen-bond donors (Lipinski definition) is 2. The third-order valence-corrected chi connectivity index (χ3v) is 7.48. The predicted octanol–water partition coefficient (Wildman–Crippen LogP) is 6.81. The second-order valence-electron chi connectivity index (χ2n) is 9.75. The number of hydrogen-bond acceptors (Lipinski definition) is 4. The van der Waals surface area contributed by atoms with Crippen molar-refractivity contribution in [3.8, 4) is 22.9 Å². The summed E-state index contributed by atoms with van der Waals surface area (Å²) < 4.78 is 2.91. The molecule has 0 fully saturated rings. The summed E-state index contributed by atoms with van der Waals surface area (Å²) in [5.41, 5.74) is 2.47. The number of pyridine rings is 2. The van der Waals surface area contributed by atoms with Crippen molar-refractivity contribution >= 4 is 23.2 Å². The van der Waals surface area contributed by atoms with Gasteiger partial charge in [0.05, 0.1) is 17.0 Å². The third kappa shape index (κ3) is 4.92. The highest BCUT2D eigenvalue weighted by molar-refractivity contribution is 6.30. The summed E-state index contributed by atoms with van der Waals surface area (Å²) in [5, 5.41) is 23.5. The van der Waals surface area contributed by atoms with Crippen LogP contribution in [0.2, 0.25) is 10.0 Å². The van der Waals surface area contributed by atoms with Crippen LogP contribution in [0.15, 0.2) is 94.5 Å². The molecule has 0 unspecified atom stereocenters. The maximum Gasteiger partial charge on any atom is 0.263 e. The number of aromatic nitrogens is 2. The first kappa shape index (κ1) is 27.3. The Labute approximate surface area is 240 Å². The van der Waals surface area contributed by atoms with Gasteiger partial charge in [-0.05, 0) is 74.9 Å². The summed E-state index contributed by atoms with van der Waals surface area (Å²) >= 11 is 12.2. The summed E-state index contributed by atoms with van der Waals surface area (Å²) in [6, 6.07) is 23.7. The molecule has 40 heavy (non-hydrogen) atoms. The molecule has 0 bridgehead atoms. The van der Waals surface area contributed by atoms with Gasteiger partial charge in [-0.15, -0.1) is 0 Å². The molecule has 0 aliphatic carbocycles. The Morgan fingerprint density at radius 1 is 0.600 bits per heavy atom. The maximum absolute atomic E-state index is 14.2. The van der Waals surface area contributed by atoms with E-state index >= 15 is 0 Å². The van der Waals surface area contributed by atoms with E-state index in [1.54, 1.807) is 74.5 Å². The van der Waals surface area contributed by atoms with Gasteiger partial charge in [-0.1, -0.05) is 53.0 Å². The van der Waals surface area contributed by atoms with Crippen LogP contribution in [0.25, 0.3) is 11.4 Å². The highest BCUT2D eigenvalue weighted by atomic mass is 35.5. The fourth-order valence-electron chi connectivity index (χ4n) is 5.06. The molecule has 0 aliphatic heterocycles. The van der Waals surface area contributed by atoms with Crippen LogP contribution in [-0.4, -0.2) is 19.3 Å². The molecule has 2 N–H and O–H groups in total. The van der Waals surface area contributed by atoms with E-state index in [2.05, 4.69) is 0 Å². The van der Waals surface area contributed by atoms with Gasteiger partial charge in [-0.25, -0.2) is 0 Å². The first-order valence-corrected chi connectivity index (χ1v) is 13.3. The van der Waals surface area contributed by atoms with E-state index in [4.69, 9.17) is 23.2 Å². The van der Waals surface area contributed by atoms with Crippen LogP contribution >= 0.6 is 23.2 Å². The summed E-state index contributed by atoms with van der Waals surface area (Å²) in [7, 11) is 0. The van der Waals surface area contributed by atoms with Crippen molar-refractivity contribution in [3.05, 3.63) is 149 Å². The first-order chi connectivity index (χ1) is 19.1. The Morgan fingerprint density at radius 2 is 0.975 bits per heavy atom. The molecule has 5 rings (SSSR count). The Hall–Kier alpha value is -4.26. The van der Waals surface area contributed by atoms with Crippen molar-refractivity contribution in [2.45, 2.75) is 26.7 Å². The predicted molar refractivity (Wildman–Crippen MR) is 159 cm³/mol. The fourth-order valence-corrected chi connectivity index (χ4v) is 5.31. The lowest BCUT2D eigenvalue weighted by Crippen LogP contribution is -2.31. The lowest BCUT2D eigenvalue weighted by Gasteiger charge is -2.23. The number of benzene rings is 3. The molecule has 0 radical (unpaired) electrons. The molecule has 2 heterocycles. The van der Waals surface area contributed by atoms with Crippen molar-refractivity contribution < 1.29 is 10.2 Å². The van der Waals surface area contributed by atoms with E-state index in [1.165, 1.54) is 21.3 Å². The molecule has 2 aromatic heterocycles. The molecule has 0 spiro atoms. The van der Waals surface area contributed by atoms with Crippen LogP contribution in [0.1, 0.15) is 39.6 Å². The van der Waals surface area contributed by atoms with Gasteiger partial charge in [0, 0.05) is 44.9 Å². The van der Waals surface area contributed by atoms with Crippen molar-refractivity contribution in [2.24, 2.45) is 0 Å². The van der Waals surface area contributed by atoms with Gasteiger partial charge in [-0.3, -0.25) is 18.7 Å². The highest BCUT2D eigenvalue weighted by Gasteiger charge is 2.31. The van der Waals surface area contributed by atoms with Gasteiger partial charge in [0.25, 0.3) is 11.1 Å². The molecule has 8 heteroatoms. The summed E-state index contributed by atoms with van der Waals surface area (Å²) in [6.07, 6.45) is 0. The minimum atomic E-state index is -1.08. The largest absolute Gasteiger partial charge is 0.507 e. The van der Waals surface area contributed by atoms with Gasteiger partial charge in [0.15, 0.2) is 0 Å². The quantitative estimate of drug-likeness (QED) is 0.242.